The van der Waals surface area contributed by atoms with Crippen molar-refractivity contribution in [2.75, 3.05) is 27.7 Å². The lowest BCUT2D eigenvalue weighted by Gasteiger charge is -2.30. The van der Waals surface area contributed by atoms with E-state index in [9.17, 15) is 4.79 Å². The molecule has 26 heavy (non-hydrogen) atoms. The molecule has 0 N–H and O–H groups in total. The Bertz CT molecular complexity index is 751. The van der Waals surface area contributed by atoms with E-state index >= 15 is 0 Å². The maximum atomic E-state index is 13.5. The number of ether oxygens (including phenoxy) is 1. The summed E-state index contributed by atoms with van der Waals surface area (Å²) in [6.07, 6.45) is 10.5. The third kappa shape index (κ3) is 3.81. The van der Waals surface area contributed by atoms with Crippen LogP contribution in [0.1, 0.15) is 44.1 Å². The summed E-state index contributed by atoms with van der Waals surface area (Å²) in [7, 11) is 5.83. The lowest BCUT2D eigenvalue weighted by molar-refractivity contribution is -0.121. The van der Waals surface area contributed by atoms with Crippen LogP contribution in [0.2, 0.25) is 0 Å². The highest BCUT2D eigenvalue weighted by Crippen LogP contribution is 2.50. The van der Waals surface area contributed by atoms with Gasteiger partial charge in [0.05, 0.1) is 17.0 Å². The largest absolute Gasteiger partial charge is 0.496 e. The fourth-order valence-corrected chi connectivity index (χ4v) is 4.78. The zero-order valence-electron chi connectivity index (χ0n) is 16.0. The third-order valence-electron chi connectivity index (χ3n) is 5.71. The summed E-state index contributed by atoms with van der Waals surface area (Å²) < 4.78 is 6.21. The fraction of sp³-hybridized carbons (Fsp3) is 0.500. The van der Waals surface area contributed by atoms with Crippen molar-refractivity contribution in [2.24, 2.45) is 5.41 Å². The smallest absolute Gasteiger partial charge is 0.169 e. The lowest BCUT2D eigenvalue weighted by atomic mass is 9.74. The van der Waals surface area contributed by atoms with Crippen LogP contribution >= 0.6 is 15.9 Å². The second kappa shape index (κ2) is 8.10. The van der Waals surface area contributed by atoms with Crippen molar-refractivity contribution in [1.29, 1.82) is 0 Å². The normalized spacial score (nSPS) is 24.6. The minimum Gasteiger partial charge on any atom is -0.496 e. The van der Waals surface area contributed by atoms with E-state index in [1.165, 1.54) is 12.0 Å². The van der Waals surface area contributed by atoms with Crippen LogP contribution in [0, 0.1) is 5.41 Å². The monoisotopic (exact) mass is 417 g/mol. The predicted molar refractivity (Wildman–Crippen MR) is 110 cm³/mol. The van der Waals surface area contributed by atoms with Crippen LogP contribution in [0.3, 0.4) is 0 Å². The molecule has 3 nitrogen and oxygen atoms in total. The van der Waals surface area contributed by atoms with Gasteiger partial charge in [-0.1, -0.05) is 17.7 Å². The number of Topliss-reactive ketones (excluding diaryl/α,β-unsaturated/α-hetero) is 1. The van der Waals surface area contributed by atoms with E-state index in [0.717, 1.165) is 60.0 Å². The number of halogens is 1. The van der Waals surface area contributed by atoms with Crippen LogP contribution in [0.15, 0.2) is 39.9 Å². The van der Waals surface area contributed by atoms with Gasteiger partial charge in [-0.2, -0.15) is 0 Å². The Morgan fingerprint density at radius 2 is 2.12 bits per heavy atom. The van der Waals surface area contributed by atoms with Gasteiger partial charge in [0, 0.05) is 0 Å². The Balaban J connectivity index is 1.89. The first-order chi connectivity index (χ1) is 12.5. The van der Waals surface area contributed by atoms with Crippen LogP contribution in [-0.2, 0) is 4.79 Å². The molecule has 0 saturated heterocycles. The molecule has 0 radical (unpaired) electrons. The topological polar surface area (TPSA) is 29.5 Å². The van der Waals surface area contributed by atoms with E-state index in [-0.39, 0.29) is 5.41 Å². The zero-order valence-corrected chi connectivity index (χ0v) is 17.6. The van der Waals surface area contributed by atoms with Crippen molar-refractivity contribution in [3.63, 3.8) is 0 Å². The van der Waals surface area contributed by atoms with E-state index < -0.39 is 0 Å². The molecule has 0 spiro atoms. The Labute approximate surface area is 165 Å². The number of hydrogen-bond donors (Lipinski definition) is 0. The Morgan fingerprint density at radius 1 is 1.31 bits per heavy atom. The van der Waals surface area contributed by atoms with Crippen molar-refractivity contribution in [3.8, 4) is 5.75 Å². The third-order valence-corrected chi connectivity index (χ3v) is 6.33. The molecule has 1 saturated carbocycles. The van der Waals surface area contributed by atoms with Crippen molar-refractivity contribution >= 4 is 27.8 Å². The molecular formula is C22H28BrNO2. The van der Waals surface area contributed by atoms with Crippen LogP contribution in [0.4, 0.5) is 0 Å². The van der Waals surface area contributed by atoms with Gasteiger partial charge in [-0.25, -0.2) is 0 Å². The maximum Gasteiger partial charge on any atom is 0.169 e. The van der Waals surface area contributed by atoms with Crippen LogP contribution in [0.25, 0.3) is 6.08 Å². The summed E-state index contributed by atoms with van der Waals surface area (Å²) in [5.41, 5.74) is 3.14. The van der Waals surface area contributed by atoms with Gasteiger partial charge >= 0.3 is 0 Å². The molecule has 1 aromatic rings. The molecule has 2 aliphatic rings. The number of carbonyl (C=O) groups is 1. The van der Waals surface area contributed by atoms with E-state index in [1.54, 1.807) is 7.11 Å². The van der Waals surface area contributed by atoms with Crippen LogP contribution < -0.4 is 4.74 Å². The molecule has 0 heterocycles. The number of nitrogens with zero attached hydrogens (tertiary/aromatic N) is 1. The number of benzene rings is 1. The number of methoxy groups -OCH3 is 1. The predicted octanol–water partition coefficient (Wildman–Crippen LogP) is 5.25. The maximum absolute atomic E-state index is 13.5. The molecule has 1 atom stereocenters. The molecule has 140 valence electrons. The molecule has 0 amide bonds. The van der Waals surface area contributed by atoms with E-state index in [2.05, 4.69) is 47.1 Å². The van der Waals surface area contributed by atoms with Gasteiger partial charge < -0.3 is 9.64 Å². The average molecular weight is 418 g/mol. The fourth-order valence-electron chi connectivity index (χ4n) is 4.22. The van der Waals surface area contributed by atoms with Gasteiger partial charge in [0.2, 0.25) is 0 Å². The van der Waals surface area contributed by atoms with Crippen molar-refractivity contribution in [2.45, 2.75) is 38.5 Å². The first-order valence-corrected chi connectivity index (χ1v) is 10.2. The molecule has 1 aromatic carbocycles. The number of rotatable bonds is 6. The van der Waals surface area contributed by atoms with E-state index in [1.807, 2.05) is 18.2 Å². The SMILES string of the molecule is COc1ccc(/C=C2\CCC(CCN(C)C)(C3=CCCC3)C2=O)cc1Br. The molecule has 2 aliphatic carbocycles. The number of allylic oxidation sites excluding steroid dienone is 3. The highest BCUT2D eigenvalue weighted by Gasteiger charge is 2.47. The lowest BCUT2D eigenvalue weighted by Crippen LogP contribution is -2.32. The number of hydrogen-bond acceptors (Lipinski definition) is 3. The molecule has 4 heteroatoms. The van der Waals surface area contributed by atoms with Crippen LogP contribution in [0.5, 0.6) is 5.75 Å². The first-order valence-electron chi connectivity index (χ1n) is 9.39. The molecule has 3 rings (SSSR count). The van der Waals surface area contributed by atoms with Gasteiger partial charge in [-0.05, 0) is 104 Å². The Morgan fingerprint density at radius 3 is 2.73 bits per heavy atom. The molecular weight excluding hydrogens is 390 g/mol. The standard InChI is InChI=1S/C22H28BrNO2/c1-24(2)13-12-22(18-6-4-5-7-18)11-10-17(21(22)25)14-16-8-9-20(26-3)19(23)15-16/h6,8-9,14-15H,4-5,7,10-13H2,1-3H3/b17-14+. The van der Waals surface area contributed by atoms with E-state index in [4.69, 9.17) is 4.74 Å². The minimum atomic E-state index is -0.268. The number of ketones is 1. The first kappa shape index (κ1) is 19.4. The Kier molecular flexibility index (Phi) is 6.03. The molecule has 0 bridgehead atoms. The summed E-state index contributed by atoms with van der Waals surface area (Å²) in [6, 6.07) is 5.97. The van der Waals surface area contributed by atoms with Gasteiger partial charge in [0.1, 0.15) is 5.75 Å². The van der Waals surface area contributed by atoms with Gasteiger partial charge in [-0.15, -0.1) is 0 Å². The summed E-state index contributed by atoms with van der Waals surface area (Å²) in [4.78, 5) is 15.7. The zero-order chi connectivity index (χ0) is 18.7. The second-order valence-electron chi connectivity index (χ2n) is 7.65. The van der Waals surface area contributed by atoms with Crippen molar-refractivity contribution in [1.82, 2.24) is 4.90 Å². The summed E-state index contributed by atoms with van der Waals surface area (Å²) in [5, 5.41) is 0. The summed E-state index contributed by atoms with van der Waals surface area (Å²) in [6.45, 7) is 0.949. The number of carbonyl (C=O) groups excluding carboxylic acids is 1. The molecule has 1 unspecified atom stereocenters. The van der Waals surface area contributed by atoms with Gasteiger partial charge in [-0.3, -0.25) is 4.79 Å². The van der Waals surface area contributed by atoms with Crippen molar-refractivity contribution < 1.29 is 9.53 Å². The second-order valence-corrected chi connectivity index (χ2v) is 8.50. The highest BCUT2D eigenvalue weighted by atomic mass is 79.9. The average Bonchev–Trinajstić information content (AvgIpc) is 3.24. The van der Waals surface area contributed by atoms with E-state index in [0.29, 0.717) is 5.78 Å². The molecule has 0 aromatic heterocycles. The minimum absolute atomic E-state index is 0.268. The van der Waals surface area contributed by atoms with Gasteiger partial charge in [0.15, 0.2) is 5.78 Å². The highest BCUT2D eigenvalue weighted by molar-refractivity contribution is 9.10. The van der Waals surface area contributed by atoms with Crippen LogP contribution in [-0.4, -0.2) is 38.4 Å². The Hall–Kier alpha value is -1.39. The van der Waals surface area contributed by atoms with Crippen molar-refractivity contribution in [3.05, 3.63) is 45.5 Å². The summed E-state index contributed by atoms with van der Waals surface area (Å²) in [5.74, 6) is 1.15. The van der Waals surface area contributed by atoms with Gasteiger partial charge in [0.25, 0.3) is 0 Å². The molecule has 0 aliphatic heterocycles. The molecule has 1 fully saturated rings. The summed E-state index contributed by atoms with van der Waals surface area (Å²) >= 11 is 3.54. The quantitative estimate of drug-likeness (QED) is 0.467.